The summed E-state index contributed by atoms with van der Waals surface area (Å²) in [5.74, 6) is 0.945. The van der Waals surface area contributed by atoms with Crippen LogP contribution < -0.4 is 10.6 Å². The zero-order valence-corrected chi connectivity index (χ0v) is 22.7. The summed E-state index contributed by atoms with van der Waals surface area (Å²) in [5, 5.41) is 18.6. The highest BCUT2D eigenvalue weighted by molar-refractivity contribution is 5.86. The summed E-state index contributed by atoms with van der Waals surface area (Å²) in [4.78, 5) is 13.6. The molecule has 0 spiro atoms. The minimum atomic E-state index is -1.12. The summed E-state index contributed by atoms with van der Waals surface area (Å²) >= 11 is 0. The number of fused-ring (bicyclic) bond motifs is 2. The van der Waals surface area contributed by atoms with Crippen molar-refractivity contribution in [3.63, 3.8) is 0 Å². The van der Waals surface area contributed by atoms with Crippen LogP contribution in [0.3, 0.4) is 0 Å². The van der Waals surface area contributed by atoms with Crippen molar-refractivity contribution in [1.82, 2.24) is 29.4 Å². The average Bonchev–Trinajstić information content (AvgIpc) is 3.46. The maximum absolute atomic E-state index is 14.8. The van der Waals surface area contributed by atoms with E-state index in [0.717, 1.165) is 31.6 Å². The Labute approximate surface area is 226 Å². The number of hydrogen-bond donors (Lipinski definition) is 3. The fourth-order valence-electron chi connectivity index (χ4n) is 5.57. The Hall–Kier alpha value is -3.82. The zero-order chi connectivity index (χ0) is 27.3. The molecule has 0 amide bonds. The molecule has 3 N–H and O–H groups in total. The first-order valence-corrected chi connectivity index (χ1v) is 13.6. The third-order valence-electron chi connectivity index (χ3n) is 7.50. The van der Waals surface area contributed by atoms with Gasteiger partial charge in [-0.15, -0.1) is 0 Å². The first kappa shape index (κ1) is 25.5. The van der Waals surface area contributed by atoms with Crippen LogP contribution in [-0.4, -0.2) is 42.3 Å². The number of hydrogen-bond acceptors (Lipinski definition) is 6. The molecule has 5 heterocycles. The second kappa shape index (κ2) is 9.73. The molecule has 0 unspecified atom stereocenters. The van der Waals surface area contributed by atoms with Gasteiger partial charge < -0.3 is 20.3 Å². The van der Waals surface area contributed by atoms with Gasteiger partial charge in [-0.3, -0.25) is 4.57 Å². The first-order chi connectivity index (χ1) is 18.7. The van der Waals surface area contributed by atoms with Gasteiger partial charge in [0.15, 0.2) is 11.5 Å². The van der Waals surface area contributed by atoms with Crippen LogP contribution in [0.5, 0.6) is 0 Å². The molecule has 9 heteroatoms. The van der Waals surface area contributed by atoms with E-state index in [2.05, 4.69) is 62.2 Å². The van der Waals surface area contributed by atoms with Gasteiger partial charge in [0.05, 0.1) is 11.1 Å². The number of pyridine rings is 1. The molecule has 0 saturated carbocycles. The number of anilines is 2. The van der Waals surface area contributed by atoms with Crippen molar-refractivity contribution in [2.45, 2.75) is 58.1 Å². The summed E-state index contributed by atoms with van der Waals surface area (Å²) in [6.07, 6.45) is 5.12. The largest absolute Gasteiger partial charge is 0.384 e. The van der Waals surface area contributed by atoms with Crippen molar-refractivity contribution in [2.75, 3.05) is 18.4 Å². The lowest BCUT2D eigenvalue weighted by molar-refractivity contribution is 0.0738. The maximum Gasteiger partial charge on any atom is 0.229 e. The van der Waals surface area contributed by atoms with E-state index in [4.69, 9.17) is 0 Å². The fourth-order valence-corrected chi connectivity index (χ4v) is 5.57. The average molecular weight is 528 g/mol. The third-order valence-corrected chi connectivity index (χ3v) is 7.50. The molecule has 8 nitrogen and oxygen atoms in total. The Kier molecular flexibility index (Phi) is 6.35. The SMILES string of the molecule is CC(C)n1c(C2CCNCC2)cc2cc(Nc3ncc4c(F)cn(-c5cccc(C(C)(C)O)n5)c4n3)ccc21. The molecule has 4 aromatic heterocycles. The monoisotopic (exact) mass is 527 g/mol. The Morgan fingerprint density at radius 2 is 1.90 bits per heavy atom. The highest BCUT2D eigenvalue weighted by Gasteiger charge is 2.23. The van der Waals surface area contributed by atoms with E-state index in [1.807, 2.05) is 6.07 Å². The van der Waals surface area contributed by atoms with Crippen molar-refractivity contribution in [2.24, 2.45) is 0 Å². The normalized spacial score (nSPS) is 15.1. The molecular weight excluding hydrogens is 493 g/mol. The van der Waals surface area contributed by atoms with Crippen LogP contribution >= 0.6 is 0 Å². The molecule has 0 atom stereocenters. The number of nitrogens with one attached hydrogen (secondary N) is 2. The molecule has 202 valence electrons. The summed E-state index contributed by atoms with van der Waals surface area (Å²) in [6, 6.07) is 14.3. The van der Waals surface area contributed by atoms with E-state index >= 15 is 0 Å². The number of benzene rings is 1. The van der Waals surface area contributed by atoms with Crippen molar-refractivity contribution in [3.05, 3.63) is 72.1 Å². The molecule has 0 bridgehead atoms. The fraction of sp³-hybridized carbons (Fsp3) is 0.367. The van der Waals surface area contributed by atoms with Crippen molar-refractivity contribution in [3.8, 4) is 5.82 Å². The molecule has 1 aliphatic rings. The van der Waals surface area contributed by atoms with E-state index in [9.17, 15) is 9.50 Å². The van der Waals surface area contributed by atoms with Crippen LogP contribution in [0.15, 0.2) is 54.9 Å². The Balaban J connectivity index is 1.36. The molecule has 1 saturated heterocycles. The lowest BCUT2D eigenvalue weighted by Gasteiger charge is -2.26. The van der Waals surface area contributed by atoms with Crippen LogP contribution in [0.1, 0.15) is 63.9 Å². The lowest BCUT2D eigenvalue weighted by Crippen LogP contribution is -2.27. The Morgan fingerprint density at radius 1 is 1.10 bits per heavy atom. The number of nitrogens with zero attached hydrogens (tertiary/aromatic N) is 5. The van der Waals surface area contributed by atoms with E-state index < -0.39 is 11.4 Å². The van der Waals surface area contributed by atoms with Gasteiger partial charge in [-0.1, -0.05) is 6.07 Å². The van der Waals surface area contributed by atoms with Crippen LogP contribution in [0.2, 0.25) is 0 Å². The van der Waals surface area contributed by atoms with Crippen LogP contribution in [0.4, 0.5) is 16.0 Å². The molecule has 1 aromatic carbocycles. The highest BCUT2D eigenvalue weighted by atomic mass is 19.1. The molecule has 39 heavy (non-hydrogen) atoms. The van der Waals surface area contributed by atoms with Crippen LogP contribution in [-0.2, 0) is 5.60 Å². The predicted octanol–water partition coefficient (Wildman–Crippen LogP) is 5.93. The van der Waals surface area contributed by atoms with Crippen molar-refractivity contribution < 1.29 is 9.50 Å². The van der Waals surface area contributed by atoms with Crippen molar-refractivity contribution >= 4 is 33.6 Å². The minimum absolute atomic E-state index is 0.298. The number of rotatable bonds is 6. The molecule has 5 aromatic rings. The lowest BCUT2D eigenvalue weighted by atomic mass is 9.94. The second-order valence-electron chi connectivity index (χ2n) is 11.2. The van der Waals surface area contributed by atoms with Gasteiger partial charge in [0.1, 0.15) is 11.4 Å². The second-order valence-corrected chi connectivity index (χ2v) is 11.2. The van der Waals surface area contributed by atoms with Gasteiger partial charge in [0, 0.05) is 46.6 Å². The van der Waals surface area contributed by atoms with Crippen LogP contribution in [0.25, 0.3) is 27.8 Å². The standard InChI is InChI=1S/C30H34FN7O/c1-18(2)38-24-9-8-21(14-20(24)15-25(38)19-10-12-32-13-11-19)34-29-33-16-22-23(31)17-37(28(22)36-29)27-7-5-6-26(35-27)30(3,4)39/h5-9,14-19,32,39H,10-13H2,1-4H3,(H,33,34,36). The summed E-state index contributed by atoms with van der Waals surface area (Å²) in [5.41, 5.74) is 3.23. The molecule has 0 aliphatic carbocycles. The van der Waals surface area contributed by atoms with Gasteiger partial charge in [-0.25, -0.2) is 14.4 Å². The molecule has 1 fully saturated rings. The molecular formula is C30H34FN7O. The molecule has 0 radical (unpaired) electrons. The Morgan fingerprint density at radius 3 is 2.64 bits per heavy atom. The smallest absolute Gasteiger partial charge is 0.229 e. The molecule has 1 aliphatic heterocycles. The Bertz CT molecular complexity index is 1660. The number of aliphatic hydroxyl groups is 1. The van der Waals surface area contributed by atoms with Gasteiger partial charge in [0.25, 0.3) is 0 Å². The van der Waals surface area contributed by atoms with Gasteiger partial charge in [-0.2, -0.15) is 4.98 Å². The maximum atomic E-state index is 14.8. The van der Waals surface area contributed by atoms with Crippen LogP contribution in [0, 0.1) is 5.82 Å². The molecule has 6 rings (SSSR count). The van der Waals surface area contributed by atoms with Crippen molar-refractivity contribution in [1.29, 1.82) is 0 Å². The van der Waals surface area contributed by atoms with E-state index in [0.29, 0.717) is 40.5 Å². The minimum Gasteiger partial charge on any atom is -0.384 e. The third kappa shape index (κ3) is 4.77. The summed E-state index contributed by atoms with van der Waals surface area (Å²) in [6.45, 7) is 9.91. The van der Waals surface area contributed by atoms with Gasteiger partial charge in [-0.05, 0) is 90.0 Å². The number of aromatic nitrogens is 5. The van der Waals surface area contributed by atoms with E-state index in [-0.39, 0.29) is 0 Å². The van der Waals surface area contributed by atoms with E-state index in [1.54, 1.807) is 36.6 Å². The quantitative estimate of drug-likeness (QED) is 0.254. The van der Waals surface area contributed by atoms with Gasteiger partial charge >= 0.3 is 0 Å². The number of halogens is 1. The first-order valence-electron chi connectivity index (χ1n) is 13.6. The number of piperidine rings is 1. The summed E-state index contributed by atoms with van der Waals surface area (Å²) < 4.78 is 18.9. The van der Waals surface area contributed by atoms with Gasteiger partial charge in [0.2, 0.25) is 5.95 Å². The summed E-state index contributed by atoms with van der Waals surface area (Å²) in [7, 11) is 0. The predicted molar refractivity (Wildman–Crippen MR) is 152 cm³/mol. The highest BCUT2D eigenvalue weighted by Crippen LogP contribution is 2.35. The topological polar surface area (TPSA) is 92.8 Å². The van der Waals surface area contributed by atoms with E-state index in [1.165, 1.54) is 29.0 Å². The zero-order valence-electron chi connectivity index (χ0n) is 22.7.